The van der Waals surface area contributed by atoms with Crippen molar-refractivity contribution in [3.8, 4) is 11.5 Å². The highest BCUT2D eigenvalue weighted by molar-refractivity contribution is 5.73. The molecule has 0 spiro atoms. The minimum Gasteiger partial charge on any atom is -0.476 e. The second kappa shape index (κ2) is 3.78. The van der Waals surface area contributed by atoms with Crippen molar-refractivity contribution in [2.45, 2.75) is 12.7 Å². The zero-order valence-electron chi connectivity index (χ0n) is 7.97. The van der Waals surface area contributed by atoms with Gasteiger partial charge in [0.25, 0.3) is 0 Å². The van der Waals surface area contributed by atoms with E-state index in [4.69, 9.17) is 20.3 Å². The van der Waals surface area contributed by atoms with Gasteiger partial charge in [0.2, 0.25) is 0 Å². The lowest BCUT2D eigenvalue weighted by Gasteiger charge is -2.02. The molecule has 0 aromatic heterocycles. The van der Waals surface area contributed by atoms with Crippen molar-refractivity contribution < 1.29 is 19.4 Å². The normalized spacial score (nSPS) is 17.8. The number of rotatable bonds is 3. The van der Waals surface area contributed by atoms with E-state index >= 15 is 0 Å². The molecule has 1 unspecified atom stereocenters. The Kier molecular flexibility index (Phi) is 2.47. The van der Waals surface area contributed by atoms with E-state index in [1.807, 2.05) is 6.07 Å². The summed E-state index contributed by atoms with van der Waals surface area (Å²) < 4.78 is 10.1. The van der Waals surface area contributed by atoms with Crippen LogP contribution in [-0.2, 0) is 11.2 Å². The Labute approximate surface area is 86.4 Å². The lowest BCUT2D eigenvalue weighted by Crippen LogP contribution is -2.28. The molecule has 1 atom stereocenters. The van der Waals surface area contributed by atoms with Crippen LogP contribution in [0.25, 0.3) is 0 Å². The van der Waals surface area contributed by atoms with Gasteiger partial charge in [-0.1, -0.05) is 6.07 Å². The smallest absolute Gasteiger partial charge is 0.387 e. The summed E-state index contributed by atoms with van der Waals surface area (Å²) in [6.45, 7) is 0.544. The molecule has 80 valence electrons. The summed E-state index contributed by atoms with van der Waals surface area (Å²) in [6, 6.07) is 5.30. The molecule has 15 heavy (non-hydrogen) atoms. The van der Waals surface area contributed by atoms with Crippen LogP contribution in [0.4, 0.5) is 0 Å². The second-order valence-corrected chi connectivity index (χ2v) is 3.23. The number of nitrogens with two attached hydrogens (primary N) is 1. The van der Waals surface area contributed by atoms with Crippen LogP contribution in [0.2, 0.25) is 0 Å². The van der Waals surface area contributed by atoms with Crippen LogP contribution in [0.15, 0.2) is 18.2 Å². The summed E-state index contributed by atoms with van der Waals surface area (Å²) >= 11 is 0. The number of hydrogen-bond acceptors (Lipinski definition) is 4. The number of hydrogen-bond donors (Lipinski definition) is 2. The van der Waals surface area contributed by atoms with Crippen LogP contribution in [0.1, 0.15) is 5.56 Å². The van der Waals surface area contributed by atoms with E-state index in [2.05, 4.69) is 0 Å². The fraction of sp³-hybridized carbons (Fsp3) is 0.300. The Balaban J connectivity index is 2.20. The molecule has 5 nitrogen and oxygen atoms in total. The van der Waals surface area contributed by atoms with Crippen LogP contribution < -0.4 is 15.2 Å². The Hall–Kier alpha value is -1.75. The first kappa shape index (κ1) is 9.79. The first-order valence-corrected chi connectivity index (χ1v) is 4.60. The number of aliphatic carboxylic acids is 1. The standard InChI is InChI=1S/C10H11NO4/c11-4-3-6-1-2-7-8(5-6)15-10(14-7)9(12)13/h1-2,5,10H,3-4,11H2,(H,12,13). The Morgan fingerprint density at radius 2 is 2.13 bits per heavy atom. The Bertz CT molecular complexity index is 391. The molecule has 1 heterocycles. The minimum atomic E-state index is -1.23. The zero-order valence-corrected chi connectivity index (χ0v) is 7.97. The van der Waals surface area contributed by atoms with Crippen molar-refractivity contribution in [3.63, 3.8) is 0 Å². The van der Waals surface area contributed by atoms with Crippen molar-refractivity contribution in [2.24, 2.45) is 5.73 Å². The molecule has 3 N–H and O–H groups in total. The first-order chi connectivity index (χ1) is 7.20. The first-order valence-electron chi connectivity index (χ1n) is 4.60. The topological polar surface area (TPSA) is 81.8 Å². The molecular formula is C10H11NO4. The number of benzene rings is 1. The van der Waals surface area contributed by atoms with Gasteiger partial charge in [0, 0.05) is 0 Å². The number of carboxylic acid groups (broad SMARTS) is 1. The minimum absolute atomic E-state index is 0.461. The highest BCUT2D eigenvalue weighted by atomic mass is 16.7. The maximum Gasteiger partial charge on any atom is 0.387 e. The lowest BCUT2D eigenvalue weighted by molar-refractivity contribution is -0.154. The number of fused-ring (bicyclic) bond motifs is 1. The van der Waals surface area contributed by atoms with E-state index in [0.717, 1.165) is 12.0 Å². The summed E-state index contributed by atoms with van der Waals surface area (Å²) in [5, 5.41) is 8.69. The average molecular weight is 209 g/mol. The molecule has 5 heteroatoms. The largest absolute Gasteiger partial charge is 0.476 e. The van der Waals surface area contributed by atoms with Gasteiger partial charge in [0.1, 0.15) is 0 Å². The van der Waals surface area contributed by atoms with Crippen molar-refractivity contribution in [2.75, 3.05) is 6.54 Å². The highest BCUT2D eigenvalue weighted by Crippen LogP contribution is 2.35. The number of ether oxygens (including phenoxy) is 2. The van der Waals surface area contributed by atoms with Crippen LogP contribution in [0, 0.1) is 0 Å². The van der Waals surface area contributed by atoms with Crippen molar-refractivity contribution in [3.05, 3.63) is 23.8 Å². The van der Waals surface area contributed by atoms with Gasteiger partial charge in [-0.3, -0.25) is 0 Å². The molecule has 1 aliphatic rings. The fourth-order valence-electron chi connectivity index (χ4n) is 1.42. The van der Waals surface area contributed by atoms with Gasteiger partial charge in [0.15, 0.2) is 11.5 Å². The molecule has 0 aliphatic carbocycles. The van der Waals surface area contributed by atoms with Crippen LogP contribution in [-0.4, -0.2) is 23.9 Å². The summed E-state index contributed by atoms with van der Waals surface area (Å²) in [5.74, 6) is -0.205. The molecule has 0 bridgehead atoms. The fourth-order valence-corrected chi connectivity index (χ4v) is 1.42. The predicted molar refractivity (Wildman–Crippen MR) is 51.9 cm³/mol. The monoisotopic (exact) mass is 209 g/mol. The van der Waals surface area contributed by atoms with Crippen molar-refractivity contribution in [1.82, 2.24) is 0 Å². The van der Waals surface area contributed by atoms with E-state index < -0.39 is 12.3 Å². The molecule has 0 amide bonds. The van der Waals surface area contributed by atoms with Crippen LogP contribution in [0.3, 0.4) is 0 Å². The van der Waals surface area contributed by atoms with E-state index in [1.54, 1.807) is 12.1 Å². The van der Waals surface area contributed by atoms with Gasteiger partial charge in [-0.25, -0.2) is 4.79 Å². The van der Waals surface area contributed by atoms with Crippen LogP contribution >= 0.6 is 0 Å². The SMILES string of the molecule is NCCc1ccc2c(c1)OC(C(=O)O)O2. The summed E-state index contributed by atoms with van der Waals surface area (Å²) in [7, 11) is 0. The van der Waals surface area contributed by atoms with Crippen molar-refractivity contribution in [1.29, 1.82) is 0 Å². The zero-order chi connectivity index (χ0) is 10.8. The molecule has 0 saturated heterocycles. The molecule has 1 aromatic carbocycles. The van der Waals surface area contributed by atoms with Crippen molar-refractivity contribution >= 4 is 5.97 Å². The second-order valence-electron chi connectivity index (χ2n) is 3.23. The quantitative estimate of drug-likeness (QED) is 0.751. The molecular weight excluding hydrogens is 198 g/mol. The molecule has 0 saturated carbocycles. The third-order valence-corrected chi connectivity index (χ3v) is 2.11. The third kappa shape index (κ3) is 1.87. The lowest BCUT2D eigenvalue weighted by atomic mass is 10.1. The van der Waals surface area contributed by atoms with Gasteiger partial charge in [-0.05, 0) is 30.7 Å². The predicted octanol–water partition coefficient (Wildman–Crippen LogP) is 0.370. The van der Waals surface area contributed by atoms with Gasteiger partial charge in [0.05, 0.1) is 0 Å². The number of carboxylic acids is 1. The Morgan fingerprint density at radius 3 is 2.80 bits per heavy atom. The van der Waals surface area contributed by atoms with Gasteiger partial charge in [-0.15, -0.1) is 0 Å². The molecule has 1 aliphatic heterocycles. The van der Waals surface area contributed by atoms with Crippen LogP contribution in [0.5, 0.6) is 11.5 Å². The van der Waals surface area contributed by atoms with Gasteiger partial charge < -0.3 is 20.3 Å². The van der Waals surface area contributed by atoms with E-state index in [0.29, 0.717) is 18.0 Å². The summed E-state index contributed by atoms with van der Waals surface area (Å²) in [6.07, 6.45) is -0.498. The summed E-state index contributed by atoms with van der Waals surface area (Å²) in [4.78, 5) is 10.6. The average Bonchev–Trinajstić information content (AvgIpc) is 2.61. The maximum atomic E-state index is 10.6. The molecule has 2 rings (SSSR count). The van der Waals surface area contributed by atoms with E-state index in [9.17, 15) is 4.79 Å². The molecule has 1 aromatic rings. The number of carbonyl (C=O) groups is 1. The van der Waals surface area contributed by atoms with E-state index in [-0.39, 0.29) is 0 Å². The summed E-state index contributed by atoms with van der Waals surface area (Å²) in [5.41, 5.74) is 6.42. The molecule has 0 radical (unpaired) electrons. The van der Waals surface area contributed by atoms with Gasteiger partial charge >= 0.3 is 12.3 Å². The highest BCUT2D eigenvalue weighted by Gasteiger charge is 2.30. The maximum absolute atomic E-state index is 10.6. The third-order valence-electron chi connectivity index (χ3n) is 2.11. The van der Waals surface area contributed by atoms with Gasteiger partial charge in [-0.2, -0.15) is 0 Å². The Morgan fingerprint density at radius 1 is 1.40 bits per heavy atom. The van der Waals surface area contributed by atoms with E-state index in [1.165, 1.54) is 0 Å². The molecule has 0 fully saturated rings.